The summed E-state index contributed by atoms with van der Waals surface area (Å²) in [5, 5.41) is 1.13. The van der Waals surface area contributed by atoms with Gasteiger partial charge in [-0.1, -0.05) is 42.5 Å². The number of carbonyl (C=O) groups excluding carboxylic acids is 3. The molecule has 0 aliphatic carbocycles. The van der Waals surface area contributed by atoms with E-state index in [1.807, 2.05) is 0 Å². The van der Waals surface area contributed by atoms with E-state index in [2.05, 4.69) is 4.74 Å². The van der Waals surface area contributed by atoms with Crippen molar-refractivity contribution in [3.8, 4) is 5.75 Å². The van der Waals surface area contributed by atoms with Gasteiger partial charge in [-0.2, -0.15) is 5.06 Å². The monoisotopic (exact) mass is 449 g/mol. The van der Waals surface area contributed by atoms with Crippen LogP contribution in [0.4, 0.5) is 13.2 Å². The highest BCUT2D eigenvalue weighted by Crippen LogP contribution is 2.45. The maximum Gasteiger partial charge on any atom is 0.573 e. The van der Waals surface area contributed by atoms with E-state index in [1.54, 1.807) is 30.3 Å². The van der Waals surface area contributed by atoms with Crippen molar-refractivity contribution >= 4 is 17.7 Å². The Hall–Kier alpha value is -3.44. The molecule has 2 aromatic carbocycles. The molecule has 4 rings (SSSR count). The lowest BCUT2D eigenvalue weighted by Crippen LogP contribution is -2.39. The molecule has 2 heterocycles. The number of hydrogen-bond acceptors (Lipinski definition) is 6. The van der Waals surface area contributed by atoms with Crippen molar-refractivity contribution in [3.63, 3.8) is 0 Å². The number of carbonyl (C=O) groups is 3. The van der Waals surface area contributed by atoms with E-state index >= 15 is 0 Å². The first-order valence-corrected chi connectivity index (χ1v) is 9.60. The fraction of sp³-hybridized carbons (Fsp3) is 0.286. The molecule has 2 aliphatic rings. The molecule has 0 aromatic heterocycles. The predicted molar refractivity (Wildman–Crippen MR) is 102 cm³/mol. The second kappa shape index (κ2) is 8.24. The number of alkyl halides is 3. The van der Waals surface area contributed by atoms with Gasteiger partial charge in [0.05, 0.1) is 18.5 Å². The van der Waals surface area contributed by atoms with Crippen LogP contribution < -0.4 is 10.5 Å². The average Bonchev–Trinajstić information content (AvgIpc) is 3.19. The number of amides is 3. The molecule has 2 saturated heterocycles. The molecule has 2 fully saturated rings. The van der Waals surface area contributed by atoms with Gasteiger partial charge in [0, 0.05) is 0 Å². The van der Waals surface area contributed by atoms with Gasteiger partial charge < -0.3 is 10.5 Å². The molecule has 3 unspecified atom stereocenters. The van der Waals surface area contributed by atoms with Crippen LogP contribution in [-0.4, -0.2) is 46.7 Å². The molecule has 3 atom stereocenters. The number of imide groups is 1. The Morgan fingerprint density at radius 1 is 1.03 bits per heavy atom. The van der Waals surface area contributed by atoms with Crippen molar-refractivity contribution in [2.24, 2.45) is 11.7 Å². The predicted octanol–water partition coefficient (Wildman–Crippen LogP) is 1.91. The number of fused-ring (bicyclic) bond motifs is 1. The molecule has 2 aliphatic heterocycles. The summed E-state index contributed by atoms with van der Waals surface area (Å²) in [6.07, 6.45) is -6.02. The third-order valence-corrected chi connectivity index (χ3v) is 5.24. The van der Waals surface area contributed by atoms with Crippen LogP contribution in [0.1, 0.15) is 17.2 Å². The molecule has 0 bridgehead atoms. The Bertz CT molecular complexity index is 1030. The third kappa shape index (κ3) is 4.30. The maximum absolute atomic E-state index is 13.2. The molecule has 0 radical (unpaired) electrons. The number of benzene rings is 2. The summed E-state index contributed by atoms with van der Waals surface area (Å²) in [7, 11) is 0. The van der Waals surface area contributed by atoms with Gasteiger partial charge in [0.15, 0.2) is 6.10 Å². The Kier molecular flexibility index (Phi) is 5.61. The molecule has 2 aromatic rings. The highest BCUT2D eigenvalue weighted by molar-refractivity contribution is 6.07. The summed E-state index contributed by atoms with van der Waals surface area (Å²) in [6.45, 7) is -0.354. The normalized spacial score (nSPS) is 23.5. The van der Waals surface area contributed by atoms with Crippen LogP contribution in [0.15, 0.2) is 54.6 Å². The van der Waals surface area contributed by atoms with Crippen LogP contribution in [0.3, 0.4) is 0 Å². The van der Waals surface area contributed by atoms with E-state index < -0.39 is 54.4 Å². The number of ether oxygens (including phenoxy) is 1. The highest BCUT2D eigenvalue weighted by Gasteiger charge is 2.59. The molecule has 0 saturated carbocycles. The number of halogens is 3. The minimum Gasteiger partial charge on any atom is -0.406 e. The molecular weight excluding hydrogens is 431 g/mol. The van der Waals surface area contributed by atoms with Crippen molar-refractivity contribution in [3.05, 3.63) is 65.7 Å². The van der Waals surface area contributed by atoms with E-state index in [1.165, 1.54) is 12.1 Å². The minimum atomic E-state index is -4.85. The second-order valence-corrected chi connectivity index (χ2v) is 7.40. The van der Waals surface area contributed by atoms with Crippen molar-refractivity contribution < 1.29 is 37.1 Å². The van der Waals surface area contributed by atoms with E-state index in [4.69, 9.17) is 10.6 Å². The van der Waals surface area contributed by atoms with Gasteiger partial charge in [-0.25, -0.2) is 0 Å². The summed E-state index contributed by atoms with van der Waals surface area (Å²) < 4.78 is 41.2. The number of rotatable bonds is 6. The van der Waals surface area contributed by atoms with Crippen molar-refractivity contribution in [1.29, 1.82) is 0 Å². The fourth-order valence-corrected chi connectivity index (χ4v) is 3.98. The smallest absolute Gasteiger partial charge is 0.406 e. The SMILES string of the molecule is NC(=O)CN1OC2C(=O)N(Cc3ccccc3)C(=O)C2C1c1ccc(OC(F)(F)F)cc1. The molecule has 11 heteroatoms. The summed E-state index contributed by atoms with van der Waals surface area (Å²) in [4.78, 5) is 44.3. The fourth-order valence-electron chi connectivity index (χ4n) is 3.98. The number of hydroxylamine groups is 2. The zero-order chi connectivity index (χ0) is 23.0. The largest absolute Gasteiger partial charge is 0.573 e. The molecule has 8 nitrogen and oxygen atoms in total. The van der Waals surface area contributed by atoms with Gasteiger partial charge in [0.1, 0.15) is 12.3 Å². The Labute approximate surface area is 180 Å². The van der Waals surface area contributed by atoms with Crippen molar-refractivity contribution in [1.82, 2.24) is 9.96 Å². The topological polar surface area (TPSA) is 102 Å². The van der Waals surface area contributed by atoms with Crippen molar-refractivity contribution in [2.75, 3.05) is 6.54 Å². The minimum absolute atomic E-state index is 0.0514. The van der Waals surface area contributed by atoms with E-state index in [-0.39, 0.29) is 6.54 Å². The third-order valence-electron chi connectivity index (χ3n) is 5.24. The molecule has 32 heavy (non-hydrogen) atoms. The number of primary amides is 1. The van der Waals surface area contributed by atoms with Crippen LogP contribution in [-0.2, 0) is 25.8 Å². The molecule has 0 spiro atoms. The Morgan fingerprint density at radius 3 is 2.28 bits per heavy atom. The van der Waals surface area contributed by atoms with Gasteiger partial charge in [-0.3, -0.25) is 24.1 Å². The quantitative estimate of drug-likeness (QED) is 0.676. The zero-order valence-corrected chi connectivity index (χ0v) is 16.5. The highest BCUT2D eigenvalue weighted by atomic mass is 19.4. The van der Waals surface area contributed by atoms with E-state index in [0.29, 0.717) is 5.56 Å². The second-order valence-electron chi connectivity index (χ2n) is 7.40. The van der Waals surface area contributed by atoms with Crippen LogP contribution in [0.2, 0.25) is 0 Å². The Morgan fingerprint density at radius 2 is 1.69 bits per heavy atom. The average molecular weight is 449 g/mol. The molecule has 3 amide bonds. The number of hydrogen-bond donors (Lipinski definition) is 1. The van der Waals surface area contributed by atoms with Gasteiger partial charge in [-0.15, -0.1) is 13.2 Å². The van der Waals surface area contributed by atoms with Crippen LogP contribution in [0, 0.1) is 5.92 Å². The van der Waals surface area contributed by atoms with Gasteiger partial charge in [-0.05, 0) is 23.3 Å². The van der Waals surface area contributed by atoms with Crippen molar-refractivity contribution in [2.45, 2.75) is 25.1 Å². The number of nitrogens with two attached hydrogens (primary N) is 1. The van der Waals surface area contributed by atoms with Gasteiger partial charge in [0.25, 0.3) is 5.91 Å². The number of nitrogens with zero attached hydrogens (tertiary/aromatic N) is 2. The maximum atomic E-state index is 13.2. The lowest BCUT2D eigenvalue weighted by molar-refractivity contribution is -0.274. The first kappa shape index (κ1) is 21.8. The zero-order valence-electron chi connectivity index (χ0n) is 16.5. The summed E-state index contributed by atoms with van der Waals surface area (Å²) >= 11 is 0. The Balaban J connectivity index is 1.62. The van der Waals surface area contributed by atoms with Crippen LogP contribution in [0.25, 0.3) is 0 Å². The lowest BCUT2D eigenvalue weighted by Gasteiger charge is -2.26. The first-order chi connectivity index (χ1) is 15.1. The molecule has 168 valence electrons. The summed E-state index contributed by atoms with van der Waals surface area (Å²) in [5.74, 6) is -3.25. The van der Waals surface area contributed by atoms with Gasteiger partial charge in [0.2, 0.25) is 11.8 Å². The van der Waals surface area contributed by atoms with E-state index in [0.717, 1.165) is 27.7 Å². The lowest BCUT2D eigenvalue weighted by atomic mass is 9.91. The van der Waals surface area contributed by atoms with Crippen LogP contribution >= 0.6 is 0 Å². The van der Waals surface area contributed by atoms with Gasteiger partial charge >= 0.3 is 6.36 Å². The molecular formula is C21H18F3N3O5. The molecule has 2 N–H and O–H groups in total. The first-order valence-electron chi connectivity index (χ1n) is 9.60. The van der Waals surface area contributed by atoms with Crippen LogP contribution in [0.5, 0.6) is 5.75 Å². The standard InChI is InChI=1S/C21H18F3N3O5/c22-21(23,24)31-14-8-6-13(7-9-14)17-16-18(32-27(17)11-15(25)28)20(30)26(19(16)29)10-12-4-2-1-3-5-12/h1-9,16-18H,10-11H2,(H2,25,28). The summed E-state index contributed by atoms with van der Waals surface area (Å²) in [5.41, 5.74) is 6.38. The summed E-state index contributed by atoms with van der Waals surface area (Å²) in [6, 6.07) is 12.8. The van der Waals surface area contributed by atoms with E-state index in [9.17, 15) is 27.6 Å². The number of likely N-dealkylation sites (tertiary alicyclic amines) is 1.